The Kier molecular flexibility index (Phi) is 5.16. The summed E-state index contributed by atoms with van der Waals surface area (Å²) in [5, 5.41) is 17.5. The van der Waals surface area contributed by atoms with Gasteiger partial charge in [0.15, 0.2) is 11.6 Å². The minimum Gasteiger partial charge on any atom is -0.393 e. The van der Waals surface area contributed by atoms with Crippen LogP contribution in [0, 0.1) is 22.7 Å². The third kappa shape index (κ3) is 3.51. The summed E-state index contributed by atoms with van der Waals surface area (Å²) in [7, 11) is 0. The lowest BCUT2D eigenvalue weighted by Gasteiger charge is -2.25. The van der Waals surface area contributed by atoms with E-state index in [4.69, 9.17) is 16.3 Å². The van der Waals surface area contributed by atoms with Crippen molar-refractivity contribution in [3.05, 3.63) is 6.33 Å². The molecule has 0 aromatic carbocycles. The molecular weight excluding hydrogens is 266 g/mol. The van der Waals surface area contributed by atoms with Crippen molar-refractivity contribution in [1.82, 2.24) is 9.97 Å². The number of nitrogens with zero attached hydrogens (tertiary/aromatic N) is 6. The zero-order valence-electron chi connectivity index (χ0n) is 12.0. The average molecular weight is 285 g/mol. The van der Waals surface area contributed by atoms with E-state index in [-0.39, 0.29) is 0 Å². The maximum Gasteiger partial charge on any atom is 0.157 e. The summed E-state index contributed by atoms with van der Waals surface area (Å²) in [6, 6.07) is 4.23. The van der Waals surface area contributed by atoms with E-state index < -0.39 is 0 Å². The van der Waals surface area contributed by atoms with Gasteiger partial charge in [0, 0.05) is 26.2 Å². The first kappa shape index (κ1) is 14.9. The zero-order chi connectivity index (χ0) is 15.1. The van der Waals surface area contributed by atoms with Crippen LogP contribution in [-0.2, 0) is 0 Å². The Hall–Kier alpha value is -2.54. The van der Waals surface area contributed by atoms with Crippen LogP contribution in [0.2, 0.25) is 0 Å². The number of hydrogen-bond donors (Lipinski definition) is 1. The maximum atomic E-state index is 8.77. The molecule has 0 spiro atoms. The van der Waals surface area contributed by atoms with E-state index in [1.165, 1.54) is 6.33 Å². The molecule has 1 aliphatic heterocycles. The molecule has 7 nitrogen and oxygen atoms in total. The molecule has 1 aromatic rings. The summed E-state index contributed by atoms with van der Waals surface area (Å²) in [6.07, 6.45) is 4.53. The molecule has 0 unspecified atom stereocenters. The molecular formula is C14H19N7. The monoisotopic (exact) mass is 285 g/mol. The highest BCUT2D eigenvalue weighted by Crippen LogP contribution is 2.30. The molecule has 0 atom stereocenters. The molecule has 0 aliphatic carbocycles. The second kappa shape index (κ2) is 7.30. The van der Waals surface area contributed by atoms with E-state index in [0.29, 0.717) is 37.4 Å². The largest absolute Gasteiger partial charge is 0.393 e. The third-order valence-corrected chi connectivity index (χ3v) is 3.53. The Labute approximate surface area is 124 Å². The summed E-state index contributed by atoms with van der Waals surface area (Å²) in [4.78, 5) is 12.6. The highest BCUT2D eigenvalue weighted by atomic mass is 15.3. The molecule has 1 fully saturated rings. The molecule has 0 saturated carbocycles. The van der Waals surface area contributed by atoms with Crippen molar-refractivity contribution in [3.8, 4) is 12.1 Å². The van der Waals surface area contributed by atoms with Gasteiger partial charge in [-0.15, -0.1) is 0 Å². The number of nitrogen functional groups attached to an aromatic ring is 1. The van der Waals surface area contributed by atoms with Gasteiger partial charge in [0.1, 0.15) is 12.0 Å². The van der Waals surface area contributed by atoms with Gasteiger partial charge in [-0.25, -0.2) is 9.97 Å². The quantitative estimate of drug-likeness (QED) is 0.839. The maximum absolute atomic E-state index is 8.77. The first-order chi connectivity index (χ1) is 10.3. The first-order valence-corrected chi connectivity index (χ1v) is 7.12. The summed E-state index contributed by atoms with van der Waals surface area (Å²) < 4.78 is 0. The predicted octanol–water partition coefficient (Wildman–Crippen LogP) is 1.29. The number of rotatable bonds is 6. The number of hydrogen-bond acceptors (Lipinski definition) is 7. The molecule has 1 aromatic heterocycles. The molecule has 21 heavy (non-hydrogen) atoms. The normalized spacial score (nSPS) is 13.7. The van der Waals surface area contributed by atoms with Crippen molar-refractivity contribution in [2.45, 2.75) is 25.7 Å². The van der Waals surface area contributed by atoms with Gasteiger partial charge in [0.05, 0.1) is 25.0 Å². The molecule has 7 heteroatoms. The minimum atomic E-state index is 0.369. The minimum absolute atomic E-state index is 0.369. The predicted molar refractivity (Wildman–Crippen MR) is 80.6 cm³/mol. The summed E-state index contributed by atoms with van der Waals surface area (Å²) in [5.41, 5.74) is 6.77. The fraction of sp³-hybridized carbons (Fsp3) is 0.571. The van der Waals surface area contributed by atoms with E-state index in [1.807, 2.05) is 4.90 Å². The molecule has 0 bridgehead atoms. The highest BCUT2D eigenvalue weighted by Gasteiger charge is 2.21. The zero-order valence-corrected chi connectivity index (χ0v) is 12.0. The van der Waals surface area contributed by atoms with Crippen LogP contribution in [-0.4, -0.2) is 36.1 Å². The molecule has 0 radical (unpaired) electrons. The summed E-state index contributed by atoms with van der Waals surface area (Å²) >= 11 is 0. The number of nitrogens with two attached hydrogens (primary N) is 1. The van der Waals surface area contributed by atoms with Crippen LogP contribution in [0.25, 0.3) is 0 Å². The van der Waals surface area contributed by atoms with E-state index in [0.717, 1.165) is 31.7 Å². The molecule has 0 amide bonds. The smallest absolute Gasteiger partial charge is 0.157 e. The van der Waals surface area contributed by atoms with Crippen LogP contribution in [0.4, 0.5) is 17.3 Å². The Bertz CT molecular complexity index is 533. The SMILES string of the molecule is N#CCCN(CCC#N)c1ncnc(N2CCCC2)c1N. The van der Waals surface area contributed by atoms with Crippen LogP contribution in [0.15, 0.2) is 6.33 Å². The lowest BCUT2D eigenvalue weighted by Crippen LogP contribution is -2.29. The lowest BCUT2D eigenvalue weighted by molar-refractivity contribution is 0.779. The van der Waals surface area contributed by atoms with E-state index in [9.17, 15) is 0 Å². The van der Waals surface area contributed by atoms with Gasteiger partial charge < -0.3 is 15.5 Å². The van der Waals surface area contributed by atoms with E-state index >= 15 is 0 Å². The van der Waals surface area contributed by atoms with Gasteiger partial charge in [-0.2, -0.15) is 10.5 Å². The van der Waals surface area contributed by atoms with Gasteiger partial charge in [0.2, 0.25) is 0 Å². The Morgan fingerprint density at radius 2 is 1.76 bits per heavy atom. The molecule has 2 heterocycles. The Balaban J connectivity index is 2.25. The molecule has 1 saturated heterocycles. The first-order valence-electron chi connectivity index (χ1n) is 7.12. The fourth-order valence-electron chi connectivity index (χ4n) is 2.50. The lowest BCUT2D eigenvalue weighted by atomic mass is 10.3. The summed E-state index contributed by atoms with van der Waals surface area (Å²) in [6.45, 7) is 2.94. The summed E-state index contributed by atoms with van der Waals surface area (Å²) in [5.74, 6) is 1.38. The van der Waals surface area contributed by atoms with Gasteiger partial charge in [0.25, 0.3) is 0 Å². The van der Waals surface area contributed by atoms with Crippen molar-refractivity contribution < 1.29 is 0 Å². The van der Waals surface area contributed by atoms with Crippen molar-refractivity contribution in [2.24, 2.45) is 0 Å². The Morgan fingerprint density at radius 1 is 1.14 bits per heavy atom. The van der Waals surface area contributed by atoms with Gasteiger partial charge >= 0.3 is 0 Å². The van der Waals surface area contributed by atoms with Crippen LogP contribution in [0.3, 0.4) is 0 Å². The second-order valence-corrected chi connectivity index (χ2v) is 4.93. The number of aromatic nitrogens is 2. The van der Waals surface area contributed by atoms with Crippen molar-refractivity contribution in [1.29, 1.82) is 10.5 Å². The van der Waals surface area contributed by atoms with E-state index in [1.54, 1.807) is 0 Å². The van der Waals surface area contributed by atoms with Gasteiger partial charge in [-0.1, -0.05) is 0 Å². The van der Waals surface area contributed by atoms with Crippen LogP contribution in [0.1, 0.15) is 25.7 Å². The average Bonchev–Trinajstić information content (AvgIpc) is 3.02. The molecule has 2 N–H and O–H groups in total. The van der Waals surface area contributed by atoms with Gasteiger partial charge in [-0.05, 0) is 12.8 Å². The third-order valence-electron chi connectivity index (χ3n) is 3.53. The molecule has 2 rings (SSSR count). The number of anilines is 3. The van der Waals surface area contributed by atoms with Gasteiger partial charge in [-0.3, -0.25) is 0 Å². The molecule has 110 valence electrons. The second-order valence-electron chi connectivity index (χ2n) is 4.93. The fourth-order valence-corrected chi connectivity index (χ4v) is 2.50. The van der Waals surface area contributed by atoms with Crippen LogP contribution in [0.5, 0.6) is 0 Å². The topological polar surface area (TPSA) is 106 Å². The van der Waals surface area contributed by atoms with Crippen LogP contribution < -0.4 is 15.5 Å². The van der Waals surface area contributed by atoms with E-state index in [2.05, 4.69) is 27.0 Å². The van der Waals surface area contributed by atoms with Crippen molar-refractivity contribution in [2.75, 3.05) is 41.7 Å². The van der Waals surface area contributed by atoms with Crippen molar-refractivity contribution >= 4 is 17.3 Å². The number of nitriles is 2. The van der Waals surface area contributed by atoms with Crippen molar-refractivity contribution in [3.63, 3.8) is 0 Å². The van der Waals surface area contributed by atoms with Crippen LogP contribution >= 0.6 is 0 Å². The Morgan fingerprint density at radius 3 is 2.33 bits per heavy atom. The standard InChI is InChI=1S/C14H19N7/c15-5-3-9-21(10-4-6-16)14-12(17)13(18-11-19-14)20-7-1-2-8-20/h11H,1-4,7-10,17H2. The molecule has 1 aliphatic rings. The highest BCUT2D eigenvalue weighted by molar-refractivity contribution is 5.75.